The molecular weight excluding hydrogens is 142 g/mol. The molecule has 0 bridgehead atoms. The molecule has 0 radical (unpaired) electrons. The fourth-order valence-electron chi connectivity index (χ4n) is 0.0962. The van der Waals surface area contributed by atoms with Gasteiger partial charge in [-0.2, -0.15) is 0 Å². The largest absolute Gasteiger partial charge is 0.373 e. The summed E-state index contributed by atoms with van der Waals surface area (Å²) < 4.78 is 4.71. The maximum Gasteiger partial charge on any atom is 0.0781 e. The monoisotopic (exact) mass is 161 g/mol. The second kappa shape index (κ2) is 16.1. The summed E-state index contributed by atoms with van der Waals surface area (Å²) in [5.74, 6) is 0. The van der Waals surface area contributed by atoms with Gasteiger partial charge in [-0.3, -0.25) is 0 Å². The van der Waals surface area contributed by atoms with Gasteiger partial charge in [0.15, 0.2) is 0 Å². The Morgan fingerprint density at radius 3 is 1.36 bits per heavy atom. The summed E-state index contributed by atoms with van der Waals surface area (Å²) in [5, 5.41) is 12.2. The number of hydrogen-bond donors (Lipinski definition) is 3. The van der Waals surface area contributed by atoms with E-state index in [2.05, 4.69) is 6.92 Å². The summed E-state index contributed by atoms with van der Waals surface area (Å²) in [6.45, 7) is 6.38. The summed E-state index contributed by atoms with van der Waals surface area (Å²) in [7, 11) is 0. The lowest BCUT2D eigenvalue weighted by Gasteiger charge is -1.50. The molecule has 1 heterocycles. The van der Waals surface area contributed by atoms with Crippen LogP contribution in [0.4, 0.5) is 0 Å². The molecule has 4 heteroatoms. The summed E-state index contributed by atoms with van der Waals surface area (Å²) in [5.41, 5.74) is 0. The topological polar surface area (TPSA) is 95.2 Å². The molecule has 0 amide bonds. The zero-order valence-corrected chi connectivity index (χ0v) is 7.55. The minimum absolute atomic E-state index is 0. The molecule has 0 aromatic rings. The molecule has 1 rings (SSSR count). The van der Waals surface area contributed by atoms with Gasteiger partial charge < -0.3 is 21.7 Å². The molecule has 5 N–H and O–H groups in total. The molecule has 1 aliphatic rings. The third kappa shape index (κ3) is 95.6. The van der Waals surface area contributed by atoms with Crippen molar-refractivity contribution in [3.63, 3.8) is 0 Å². The Morgan fingerprint density at radius 1 is 1.27 bits per heavy atom. The van der Waals surface area contributed by atoms with Gasteiger partial charge >= 0.3 is 0 Å². The average Bonchev–Trinajstić information content (AvgIpc) is 2.55. The normalized spacial score (nSPS) is 16.8. The number of rotatable bonds is 0. The molecular formula is C7H19N3O. The molecule has 1 fully saturated rings. The predicted octanol–water partition coefficient (Wildman–Crippen LogP) is 1.88. The van der Waals surface area contributed by atoms with Crippen LogP contribution in [0, 0.1) is 10.8 Å². The number of hydrogen-bond acceptors (Lipinski definition) is 4. The fraction of sp³-hybridized carbons (Fsp3) is 0.714. The minimum Gasteiger partial charge on any atom is -0.373 e. The highest BCUT2D eigenvalue weighted by molar-refractivity contribution is 5.48. The van der Waals surface area contributed by atoms with Crippen LogP contribution in [0.5, 0.6) is 0 Å². The summed E-state index contributed by atoms with van der Waals surface area (Å²) in [6, 6.07) is 0. The fourth-order valence-corrected chi connectivity index (χ4v) is 0.0962. The van der Waals surface area contributed by atoms with E-state index in [9.17, 15) is 0 Å². The van der Waals surface area contributed by atoms with Crippen molar-refractivity contribution in [1.29, 1.82) is 10.8 Å². The van der Waals surface area contributed by atoms with Gasteiger partial charge in [-0.1, -0.05) is 0 Å². The number of ether oxygens (including phenoxy) is 1. The van der Waals surface area contributed by atoms with Gasteiger partial charge in [0, 0.05) is 0 Å². The van der Waals surface area contributed by atoms with Crippen LogP contribution in [0.3, 0.4) is 0 Å². The second-order valence-electron chi connectivity index (χ2n) is 1.72. The number of nitrogens with one attached hydrogen (secondary N) is 2. The van der Waals surface area contributed by atoms with Gasteiger partial charge in [0.25, 0.3) is 0 Å². The van der Waals surface area contributed by atoms with Gasteiger partial charge in [-0.15, -0.1) is 0 Å². The van der Waals surface area contributed by atoms with Crippen molar-refractivity contribution in [3.8, 4) is 0 Å². The molecule has 4 nitrogen and oxygen atoms in total. The summed E-state index contributed by atoms with van der Waals surface area (Å²) >= 11 is 0. The van der Waals surface area contributed by atoms with E-state index in [4.69, 9.17) is 15.6 Å². The van der Waals surface area contributed by atoms with Crippen molar-refractivity contribution in [3.05, 3.63) is 0 Å². The average molecular weight is 161 g/mol. The molecule has 0 saturated carbocycles. The molecule has 68 valence electrons. The molecule has 0 aliphatic carbocycles. The Morgan fingerprint density at radius 2 is 1.36 bits per heavy atom. The third-order valence-electron chi connectivity index (χ3n) is 0.500. The number of epoxide rings is 1. The lowest BCUT2D eigenvalue weighted by molar-refractivity contribution is 0.423. The highest BCUT2D eigenvalue weighted by Crippen LogP contribution is 2.04. The first-order valence-corrected chi connectivity index (χ1v) is 3.24. The van der Waals surface area contributed by atoms with Crippen LogP contribution in [0.1, 0.15) is 20.8 Å². The van der Waals surface area contributed by atoms with E-state index in [-0.39, 0.29) is 6.15 Å². The van der Waals surface area contributed by atoms with E-state index in [1.165, 1.54) is 12.4 Å². The molecule has 11 heavy (non-hydrogen) atoms. The summed E-state index contributed by atoms with van der Waals surface area (Å²) in [6.07, 6.45) is 3.08. The van der Waals surface area contributed by atoms with E-state index in [1.807, 2.05) is 0 Å². The standard InChI is InChI=1S/C3H6O.2C2H5N.H3N/c1-3-2-4-3;2*1-2-3;/h3H,2H2,1H3;2*2-3H,1H3;1H3. The van der Waals surface area contributed by atoms with Crippen molar-refractivity contribution in [2.75, 3.05) is 6.61 Å². The molecule has 1 aliphatic heterocycles. The van der Waals surface area contributed by atoms with E-state index in [0.29, 0.717) is 6.10 Å². The van der Waals surface area contributed by atoms with Crippen molar-refractivity contribution >= 4 is 12.4 Å². The molecule has 1 saturated heterocycles. The van der Waals surface area contributed by atoms with Crippen molar-refractivity contribution < 1.29 is 4.74 Å². The van der Waals surface area contributed by atoms with E-state index in [1.54, 1.807) is 13.8 Å². The lowest BCUT2D eigenvalue weighted by atomic mass is 10.6. The first-order valence-electron chi connectivity index (χ1n) is 3.24. The van der Waals surface area contributed by atoms with Crippen molar-refractivity contribution in [1.82, 2.24) is 6.15 Å². The quantitative estimate of drug-likeness (QED) is 0.373. The summed E-state index contributed by atoms with van der Waals surface area (Å²) in [4.78, 5) is 0. The van der Waals surface area contributed by atoms with Crippen LogP contribution in [-0.4, -0.2) is 25.1 Å². The van der Waals surface area contributed by atoms with Crippen LogP contribution in [-0.2, 0) is 4.74 Å². The highest BCUT2D eigenvalue weighted by Gasteiger charge is 2.13. The van der Waals surface area contributed by atoms with Crippen LogP contribution >= 0.6 is 0 Å². The van der Waals surface area contributed by atoms with E-state index < -0.39 is 0 Å². The van der Waals surface area contributed by atoms with E-state index >= 15 is 0 Å². The maximum atomic E-state index is 6.08. The van der Waals surface area contributed by atoms with Gasteiger partial charge in [0.05, 0.1) is 12.7 Å². The molecule has 0 spiro atoms. The van der Waals surface area contributed by atoms with Crippen molar-refractivity contribution in [2.45, 2.75) is 26.9 Å². The van der Waals surface area contributed by atoms with Crippen LogP contribution < -0.4 is 6.15 Å². The zero-order valence-electron chi connectivity index (χ0n) is 7.55. The SMILES string of the molecule is CC1CO1.CC=N.CC=N.N. The maximum absolute atomic E-state index is 6.08. The Hall–Kier alpha value is -0.740. The van der Waals surface area contributed by atoms with Crippen molar-refractivity contribution in [2.24, 2.45) is 0 Å². The van der Waals surface area contributed by atoms with Crippen LogP contribution in [0.15, 0.2) is 0 Å². The Kier molecular flexibility index (Phi) is 24.5. The predicted molar refractivity (Wildman–Crippen MR) is 49.4 cm³/mol. The zero-order chi connectivity index (χ0) is 8.41. The van der Waals surface area contributed by atoms with Crippen LogP contribution in [0.25, 0.3) is 0 Å². The molecule has 1 atom stereocenters. The molecule has 0 aromatic carbocycles. The minimum atomic E-state index is 0. The Balaban J connectivity index is -0.0000000857. The van der Waals surface area contributed by atoms with Gasteiger partial charge in [0.1, 0.15) is 0 Å². The first-order chi connectivity index (χ1) is 4.72. The van der Waals surface area contributed by atoms with Gasteiger partial charge in [0.2, 0.25) is 0 Å². The third-order valence-corrected chi connectivity index (χ3v) is 0.500. The Bertz CT molecular complexity index is 75.8. The van der Waals surface area contributed by atoms with Crippen LogP contribution in [0.2, 0.25) is 0 Å². The van der Waals surface area contributed by atoms with Gasteiger partial charge in [-0.05, 0) is 33.2 Å². The molecule has 0 aromatic heterocycles. The van der Waals surface area contributed by atoms with E-state index in [0.717, 1.165) is 6.61 Å². The Labute approximate surface area is 68.6 Å². The van der Waals surface area contributed by atoms with Gasteiger partial charge in [-0.25, -0.2) is 0 Å². The molecule has 1 unspecified atom stereocenters. The smallest absolute Gasteiger partial charge is 0.0781 e. The first kappa shape index (κ1) is 16.7. The second-order valence-corrected chi connectivity index (χ2v) is 1.72. The highest BCUT2D eigenvalue weighted by atomic mass is 16.6. The lowest BCUT2D eigenvalue weighted by Crippen LogP contribution is -1.60.